The molecule has 12 heteroatoms. The number of carboxylic acid groups (broad SMARTS) is 2. The van der Waals surface area contributed by atoms with E-state index in [1.54, 1.807) is 13.8 Å². The minimum absolute atomic E-state index is 0.467. The van der Waals surface area contributed by atoms with Crippen molar-refractivity contribution in [2.24, 2.45) is 11.7 Å². The zero-order valence-electron chi connectivity index (χ0n) is 16.1. The van der Waals surface area contributed by atoms with Gasteiger partial charge in [-0.25, -0.2) is 4.79 Å². The monoisotopic (exact) mass is 404 g/mol. The number of carbonyl (C=O) groups is 5. The lowest BCUT2D eigenvalue weighted by Crippen LogP contribution is -2.58. The minimum Gasteiger partial charge on any atom is -0.481 e. The molecule has 0 aromatic rings. The molecule has 0 saturated carbocycles. The van der Waals surface area contributed by atoms with Gasteiger partial charge >= 0.3 is 11.9 Å². The van der Waals surface area contributed by atoms with Gasteiger partial charge in [-0.3, -0.25) is 19.2 Å². The molecule has 12 nitrogen and oxygen atoms in total. The van der Waals surface area contributed by atoms with E-state index in [9.17, 15) is 29.1 Å². The van der Waals surface area contributed by atoms with Crippen molar-refractivity contribution < 1.29 is 39.3 Å². The molecular formula is C16H28N4O8. The maximum absolute atomic E-state index is 12.3. The molecule has 0 heterocycles. The smallest absolute Gasteiger partial charge is 0.326 e. The number of aliphatic carboxylic acids is 2. The van der Waals surface area contributed by atoms with Crippen LogP contribution >= 0.6 is 0 Å². The average molecular weight is 404 g/mol. The second-order valence-corrected chi connectivity index (χ2v) is 6.72. The fourth-order valence-electron chi connectivity index (χ4n) is 2.04. The Bertz CT molecular complexity index is 607. The summed E-state index contributed by atoms with van der Waals surface area (Å²) in [6.07, 6.45) is -1.96. The molecule has 0 rings (SSSR count). The lowest BCUT2D eigenvalue weighted by molar-refractivity contribution is -0.147. The normalized spacial score (nSPS) is 16.2. The quantitative estimate of drug-likeness (QED) is 0.192. The maximum Gasteiger partial charge on any atom is 0.326 e. The number of nitrogens with one attached hydrogen (secondary N) is 3. The average Bonchev–Trinajstić information content (AvgIpc) is 2.56. The van der Waals surface area contributed by atoms with Crippen molar-refractivity contribution in [1.29, 1.82) is 0 Å². The van der Waals surface area contributed by atoms with Crippen LogP contribution in [0.1, 0.15) is 34.1 Å². The molecule has 3 amide bonds. The predicted molar refractivity (Wildman–Crippen MR) is 95.8 cm³/mol. The van der Waals surface area contributed by atoms with Gasteiger partial charge in [-0.15, -0.1) is 0 Å². The number of rotatable bonds is 11. The Morgan fingerprint density at radius 1 is 0.857 bits per heavy atom. The molecule has 0 aliphatic carbocycles. The van der Waals surface area contributed by atoms with Crippen molar-refractivity contribution in [3.05, 3.63) is 0 Å². The van der Waals surface area contributed by atoms with Crippen LogP contribution in [0.5, 0.6) is 0 Å². The molecular weight excluding hydrogens is 376 g/mol. The molecule has 5 unspecified atom stereocenters. The second kappa shape index (κ2) is 11.2. The molecule has 28 heavy (non-hydrogen) atoms. The third-order valence-corrected chi connectivity index (χ3v) is 3.81. The number of hydrogen-bond acceptors (Lipinski definition) is 7. The van der Waals surface area contributed by atoms with Crippen LogP contribution in [-0.2, 0) is 24.0 Å². The summed E-state index contributed by atoms with van der Waals surface area (Å²) in [6, 6.07) is -5.18. The Kier molecular flexibility index (Phi) is 10.1. The molecule has 0 aromatic heterocycles. The Morgan fingerprint density at radius 2 is 1.39 bits per heavy atom. The summed E-state index contributed by atoms with van der Waals surface area (Å²) in [5.74, 6) is -5.80. The first kappa shape index (κ1) is 25.3. The van der Waals surface area contributed by atoms with Gasteiger partial charge in [0.1, 0.15) is 24.2 Å². The fourth-order valence-corrected chi connectivity index (χ4v) is 2.04. The van der Waals surface area contributed by atoms with Crippen LogP contribution in [0.15, 0.2) is 0 Å². The summed E-state index contributed by atoms with van der Waals surface area (Å²) in [5, 5.41) is 33.8. The Balaban J connectivity index is 5.06. The van der Waals surface area contributed by atoms with Crippen LogP contribution in [0.4, 0.5) is 0 Å². The van der Waals surface area contributed by atoms with E-state index in [4.69, 9.17) is 15.9 Å². The van der Waals surface area contributed by atoms with E-state index < -0.39 is 72.3 Å². The number of aliphatic hydroxyl groups is 1. The van der Waals surface area contributed by atoms with Crippen LogP contribution in [0.25, 0.3) is 0 Å². The zero-order chi connectivity index (χ0) is 22.2. The summed E-state index contributed by atoms with van der Waals surface area (Å²) in [6.45, 7) is 5.82. The highest BCUT2D eigenvalue weighted by atomic mass is 16.4. The molecule has 0 spiro atoms. The van der Waals surface area contributed by atoms with Gasteiger partial charge < -0.3 is 37.0 Å². The summed E-state index contributed by atoms with van der Waals surface area (Å²) in [4.78, 5) is 58.2. The fraction of sp³-hybridized carbons (Fsp3) is 0.688. The van der Waals surface area contributed by atoms with Gasteiger partial charge in [-0.05, 0) is 19.8 Å². The molecule has 0 aromatic carbocycles. The first-order valence-electron chi connectivity index (χ1n) is 8.57. The van der Waals surface area contributed by atoms with E-state index in [1.807, 2.05) is 0 Å². The van der Waals surface area contributed by atoms with Crippen molar-refractivity contribution in [3.63, 3.8) is 0 Å². The lowest BCUT2D eigenvalue weighted by atomic mass is 10.0. The van der Waals surface area contributed by atoms with Gasteiger partial charge in [0.2, 0.25) is 17.7 Å². The number of carboxylic acids is 2. The zero-order valence-corrected chi connectivity index (χ0v) is 16.1. The lowest BCUT2D eigenvalue weighted by Gasteiger charge is -2.25. The molecule has 5 atom stereocenters. The number of hydrogen-bond donors (Lipinski definition) is 7. The van der Waals surface area contributed by atoms with E-state index in [2.05, 4.69) is 16.0 Å². The molecule has 0 aliphatic rings. The van der Waals surface area contributed by atoms with Crippen LogP contribution in [0.2, 0.25) is 0 Å². The molecule has 160 valence electrons. The summed E-state index contributed by atoms with van der Waals surface area (Å²) in [5.41, 5.74) is 5.47. The van der Waals surface area contributed by atoms with Crippen LogP contribution in [0.3, 0.4) is 0 Å². The largest absolute Gasteiger partial charge is 0.481 e. The standard InChI is InChI=1S/C16H28N4O8/c1-6(2)12(15(26)19-9(16(27)28)5-10(22)23)20-13(24)7(3)18-14(25)11(17)8(4)21/h6-9,11-12,21H,5,17H2,1-4H3,(H,18,25)(H,19,26)(H,20,24)(H,22,23)(H,27,28). The van der Waals surface area contributed by atoms with Crippen molar-refractivity contribution in [2.75, 3.05) is 0 Å². The summed E-state index contributed by atoms with van der Waals surface area (Å²) in [7, 11) is 0. The van der Waals surface area contributed by atoms with E-state index in [0.29, 0.717) is 0 Å². The highest BCUT2D eigenvalue weighted by Gasteiger charge is 2.31. The van der Waals surface area contributed by atoms with E-state index in [1.165, 1.54) is 13.8 Å². The SMILES string of the molecule is CC(NC(=O)C(N)C(C)O)C(=O)NC(C(=O)NC(CC(=O)O)C(=O)O)C(C)C. The Hall–Kier alpha value is -2.73. The van der Waals surface area contributed by atoms with Crippen LogP contribution < -0.4 is 21.7 Å². The van der Waals surface area contributed by atoms with Gasteiger partial charge in [0.05, 0.1) is 12.5 Å². The first-order chi connectivity index (χ1) is 12.8. The second-order valence-electron chi connectivity index (χ2n) is 6.72. The number of aliphatic hydroxyl groups excluding tert-OH is 1. The van der Waals surface area contributed by atoms with Crippen molar-refractivity contribution in [1.82, 2.24) is 16.0 Å². The minimum atomic E-state index is -1.66. The molecule has 8 N–H and O–H groups in total. The van der Waals surface area contributed by atoms with Gasteiger partial charge in [-0.1, -0.05) is 13.8 Å². The molecule has 0 aliphatic heterocycles. The van der Waals surface area contributed by atoms with Gasteiger partial charge in [0, 0.05) is 0 Å². The number of nitrogens with two attached hydrogens (primary N) is 1. The number of carbonyl (C=O) groups excluding carboxylic acids is 3. The van der Waals surface area contributed by atoms with E-state index in [-0.39, 0.29) is 0 Å². The Morgan fingerprint density at radius 3 is 1.79 bits per heavy atom. The van der Waals surface area contributed by atoms with Crippen LogP contribution in [0, 0.1) is 5.92 Å². The molecule has 0 radical (unpaired) electrons. The Labute approximate surface area is 161 Å². The third kappa shape index (κ3) is 8.31. The maximum atomic E-state index is 12.3. The van der Waals surface area contributed by atoms with Crippen molar-refractivity contribution >= 4 is 29.7 Å². The number of amides is 3. The summed E-state index contributed by atoms with van der Waals surface area (Å²) < 4.78 is 0. The predicted octanol–water partition coefficient (Wildman–Crippen LogP) is -2.62. The first-order valence-corrected chi connectivity index (χ1v) is 8.57. The highest BCUT2D eigenvalue weighted by molar-refractivity contribution is 5.94. The topological polar surface area (TPSA) is 208 Å². The molecule has 0 saturated heterocycles. The molecule has 0 fully saturated rings. The van der Waals surface area contributed by atoms with Crippen LogP contribution in [-0.4, -0.2) is 75.3 Å². The van der Waals surface area contributed by atoms with Crippen molar-refractivity contribution in [2.45, 2.75) is 64.4 Å². The van der Waals surface area contributed by atoms with Gasteiger partial charge in [0.15, 0.2) is 0 Å². The third-order valence-electron chi connectivity index (χ3n) is 3.81. The van der Waals surface area contributed by atoms with E-state index in [0.717, 1.165) is 0 Å². The van der Waals surface area contributed by atoms with E-state index >= 15 is 0 Å². The molecule has 0 bridgehead atoms. The van der Waals surface area contributed by atoms with Gasteiger partial charge in [0.25, 0.3) is 0 Å². The van der Waals surface area contributed by atoms with Crippen molar-refractivity contribution in [3.8, 4) is 0 Å². The van der Waals surface area contributed by atoms with Gasteiger partial charge in [-0.2, -0.15) is 0 Å². The highest BCUT2D eigenvalue weighted by Crippen LogP contribution is 2.05. The summed E-state index contributed by atoms with van der Waals surface area (Å²) >= 11 is 0.